The average Bonchev–Trinajstić information content (AvgIpc) is 3.21. The van der Waals surface area contributed by atoms with Crippen LogP contribution in [0.15, 0.2) is 54.9 Å². The number of carbonyl (C=O) groups excluding carboxylic acids is 2. The third kappa shape index (κ3) is 4.90. The maximum atomic E-state index is 12.4. The summed E-state index contributed by atoms with van der Waals surface area (Å²) in [5.74, 6) is -1.27. The molecule has 144 valence electrons. The number of carbonyl (C=O) groups is 2. The molecule has 11 heteroatoms. The molecular formula is C17H13F3N6O2. The molecule has 3 aromatic rings. The number of halogens is 3. The molecule has 0 fully saturated rings. The minimum Gasteiger partial charge on any atom is -0.343 e. The van der Waals surface area contributed by atoms with Crippen LogP contribution in [0.25, 0.3) is 5.69 Å². The van der Waals surface area contributed by atoms with Gasteiger partial charge in [0.1, 0.15) is 12.9 Å². The van der Waals surface area contributed by atoms with Crippen LogP contribution in [0, 0.1) is 0 Å². The number of hydrogen-bond donors (Lipinski definition) is 2. The Morgan fingerprint density at radius 1 is 1.00 bits per heavy atom. The first-order valence-electron chi connectivity index (χ1n) is 7.92. The van der Waals surface area contributed by atoms with Crippen molar-refractivity contribution in [2.45, 2.75) is 6.18 Å². The van der Waals surface area contributed by atoms with Gasteiger partial charge >= 0.3 is 6.18 Å². The smallest absolute Gasteiger partial charge is 0.343 e. The van der Waals surface area contributed by atoms with E-state index < -0.39 is 24.5 Å². The van der Waals surface area contributed by atoms with Gasteiger partial charge in [-0.3, -0.25) is 9.59 Å². The molecule has 0 aliphatic rings. The van der Waals surface area contributed by atoms with Gasteiger partial charge in [0.05, 0.1) is 5.69 Å². The molecule has 8 nitrogen and oxygen atoms in total. The van der Waals surface area contributed by atoms with Gasteiger partial charge in [0.2, 0.25) is 0 Å². The Balaban J connectivity index is 1.65. The van der Waals surface area contributed by atoms with Crippen molar-refractivity contribution in [1.29, 1.82) is 0 Å². The molecule has 28 heavy (non-hydrogen) atoms. The van der Waals surface area contributed by atoms with Gasteiger partial charge in [-0.1, -0.05) is 6.07 Å². The molecule has 0 saturated carbocycles. The number of nitrogens with zero attached hydrogens (tertiary/aromatic N) is 4. The topological polar surface area (TPSA) is 102 Å². The van der Waals surface area contributed by atoms with Crippen molar-refractivity contribution >= 4 is 17.5 Å². The van der Waals surface area contributed by atoms with Crippen LogP contribution in [0.3, 0.4) is 0 Å². The van der Waals surface area contributed by atoms with Crippen LogP contribution in [0.1, 0.15) is 20.7 Å². The zero-order valence-electron chi connectivity index (χ0n) is 14.1. The van der Waals surface area contributed by atoms with E-state index in [4.69, 9.17) is 0 Å². The second-order valence-corrected chi connectivity index (χ2v) is 5.63. The summed E-state index contributed by atoms with van der Waals surface area (Å²) in [5, 5.41) is 15.2. The monoisotopic (exact) mass is 390 g/mol. The second kappa shape index (κ2) is 7.86. The van der Waals surface area contributed by atoms with Crippen molar-refractivity contribution < 1.29 is 22.8 Å². The Morgan fingerprint density at radius 2 is 1.75 bits per heavy atom. The first kappa shape index (κ1) is 19.0. The number of hydrogen-bond acceptors (Lipinski definition) is 5. The van der Waals surface area contributed by atoms with E-state index in [0.717, 1.165) is 0 Å². The third-order valence-corrected chi connectivity index (χ3v) is 3.58. The predicted octanol–water partition coefficient (Wildman–Crippen LogP) is 2.21. The number of nitrogens with one attached hydrogen (secondary N) is 2. The number of tetrazole rings is 1. The fraction of sp³-hybridized carbons (Fsp3) is 0.118. The lowest BCUT2D eigenvalue weighted by Crippen LogP contribution is -2.33. The number of alkyl halides is 3. The van der Waals surface area contributed by atoms with Gasteiger partial charge in [-0.15, -0.1) is 5.10 Å². The highest BCUT2D eigenvalue weighted by atomic mass is 19.4. The summed E-state index contributed by atoms with van der Waals surface area (Å²) in [4.78, 5) is 24.1. The van der Waals surface area contributed by atoms with Crippen LogP contribution in [0.2, 0.25) is 0 Å². The largest absolute Gasteiger partial charge is 0.405 e. The molecule has 1 aromatic heterocycles. The summed E-state index contributed by atoms with van der Waals surface area (Å²) in [5.41, 5.74) is 1.36. The van der Waals surface area contributed by atoms with Crippen LogP contribution in [0.5, 0.6) is 0 Å². The highest BCUT2D eigenvalue weighted by molar-refractivity contribution is 6.05. The highest BCUT2D eigenvalue weighted by Crippen LogP contribution is 2.15. The summed E-state index contributed by atoms with van der Waals surface area (Å²) < 4.78 is 37.8. The highest BCUT2D eigenvalue weighted by Gasteiger charge is 2.27. The van der Waals surface area contributed by atoms with Crippen molar-refractivity contribution in [3.05, 3.63) is 66.0 Å². The number of anilines is 1. The molecule has 0 aliphatic carbocycles. The van der Waals surface area contributed by atoms with Gasteiger partial charge in [-0.25, -0.2) is 4.68 Å². The molecule has 2 amide bonds. The van der Waals surface area contributed by atoms with E-state index in [-0.39, 0.29) is 5.56 Å². The lowest BCUT2D eigenvalue weighted by molar-refractivity contribution is -0.123. The van der Waals surface area contributed by atoms with Crippen LogP contribution < -0.4 is 10.6 Å². The van der Waals surface area contributed by atoms with Crippen molar-refractivity contribution in [2.75, 3.05) is 11.9 Å². The standard InChI is InChI=1S/C17H13F3N6O2/c18-17(19,20)9-21-15(27)11-4-6-13(7-5-11)23-16(28)12-2-1-3-14(8-12)26-10-22-24-25-26/h1-8,10H,9H2,(H,21,27)(H,23,28). The normalized spacial score (nSPS) is 11.1. The molecule has 0 spiro atoms. The summed E-state index contributed by atoms with van der Waals surface area (Å²) in [6.07, 6.45) is -3.10. The van der Waals surface area contributed by atoms with Crippen LogP contribution in [-0.4, -0.2) is 44.7 Å². The van der Waals surface area contributed by atoms with Gasteiger partial charge in [0.25, 0.3) is 11.8 Å². The fourth-order valence-electron chi connectivity index (χ4n) is 2.26. The van der Waals surface area contributed by atoms with Crippen molar-refractivity contribution in [3.8, 4) is 5.69 Å². The van der Waals surface area contributed by atoms with Gasteiger partial charge in [-0.05, 0) is 52.9 Å². The average molecular weight is 390 g/mol. The fourth-order valence-corrected chi connectivity index (χ4v) is 2.26. The van der Waals surface area contributed by atoms with E-state index in [1.54, 1.807) is 29.6 Å². The van der Waals surface area contributed by atoms with Crippen molar-refractivity contribution in [2.24, 2.45) is 0 Å². The summed E-state index contributed by atoms with van der Waals surface area (Å²) in [6.45, 7) is -1.41. The second-order valence-electron chi connectivity index (χ2n) is 5.63. The Morgan fingerprint density at radius 3 is 2.39 bits per heavy atom. The third-order valence-electron chi connectivity index (χ3n) is 3.58. The Labute approximate surface area is 156 Å². The van der Waals surface area contributed by atoms with E-state index in [2.05, 4.69) is 20.8 Å². The zero-order valence-corrected chi connectivity index (χ0v) is 14.1. The Kier molecular flexibility index (Phi) is 5.34. The van der Waals surface area contributed by atoms with E-state index in [1.165, 1.54) is 35.3 Å². The van der Waals surface area contributed by atoms with Gasteiger partial charge in [0, 0.05) is 16.8 Å². The minimum atomic E-state index is -4.49. The molecule has 3 rings (SSSR count). The summed E-state index contributed by atoms with van der Waals surface area (Å²) >= 11 is 0. The van der Waals surface area contributed by atoms with Gasteiger partial charge in [0.15, 0.2) is 0 Å². The molecule has 0 unspecified atom stereocenters. The first-order valence-corrected chi connectivity index (χ1v) is 7.92. The quantitative estimate of drug-likeness (QED) is 0.696. The predicted molar refractivity (Wildman–Crippen MR) is 91.9 cm³/mol. The molecule has 0 aliphatic heterocycles. The molecule has 0 radical (unpaired) electrons. The van der Waals surface area contributed by atoms with Crippen LogP contribution in [0.4, 0.5) is 18.9 Å². The van der Waals surface area contributed by atoms with Gasteiger partial charge < -0.3 is 10.6 Å². The molecule has 0 saturated heterocycles. The lowest BCUT2D eigenvalue weighted by Gasteiger charge is -2.09. The Bertz CT molecular complexity index is 971. The van der Waals surface area contributed by atoms with E-state index in [0.29, 0.717) is 16.9 Å². The SMILES string of the molecule is O=C(NCC(F)(F)F)c1ccc(NC(=O)c2cccc(-n3cnnn3)c2)cc1. The summed E-state index contributed by atoms with van der Waals surface area (Å²) in [7, 11) is 0. The lowest BCUT2D eigenvalue weighted by atomic mass is 10.1. The molecule has 0 atom stereocenters. The molecular weight excluding hydrogens is 377 g/mol. The number of rotatable bonds is 5. The van der Waals surface area contributed by atoms with Crippen LogP contribution in [-0.2, 0) is 0 Å². The molecule has 2 N–H and O–H groups in total. The number of amides is 2. The van der Waals surface area contributed by atoms with Crippen molar-refractivity contribution in [1.82, 2.24) is 25.5 Å². The molecule has 0 bridgehead atoms. The number of aromatic nitrogens is 4. The minimum absolute atomic E-state index is 0.0444. The van der Waals surface area contributed by atoms with Crippen LogP contribution >= 0.6 is 0 Å². The van der Waals surface area contributed by atoms with E-state index in [1.807, 2.05) is 0 Å². The first-order chi connectivity index (χ1) is 13.3. The molecule has 1 heterocycles. The maximum absolute atomic E-state index is 12.4. The maximum Gasteiger partial charge on any atom is 0.405 e. The van der Waals surface area contributed by atoms with E-state index >= 15 is 0 Å². The van der Waals surface area contributed by atoms with Gasteiger partial charge in [-0.2, -0.15) is 13.2 Å². The summed E-state index contributed by atoms with van der Waals surface area (Å²) in [6, 6.07) is 12.1. The van der Waals surface area contributed by atoms with E-state index in [9.17, 15) is 22.8 Å². The molecule has 2 aromatic carbocycles. The number of benzene rings is 2. The van der Waals surface area contributed by atoms with Crippen molar-refractivity contribution in [3.63, 3.8) is 0 Å². The zero-order chi connectivity index (χ0) is 20.1. The Hall–Kier alpha value is -3.76.